The highest BCUT2D eigenvalue weighted by molar-refractivity contribution is 7.11. The minimum absolute atomic E-state index is 0.749. The molecule has 1 saturated heterocycles. The fourth-order valence-electron chi connectivity index (χ4n) is 2.94. The summed E-state index contributed by atoms with van der Waals surface area (Å²) in [6.45, 7) is 10.0. The first-order valence-corrected chi connectivity index (χ1v) is 9.31. The van der Waals surface area contributed by atoms with E-state index in [-0.39, 0.29) is 0 Å². The second-order valence-corrected chi connectivity index (χ2v) is 7.24. The molecule has 0 saturated carbocycles. The number of hydrogen-bond acceptors (Lipinski definition) is 3. The Morgan fingerprint density at radius 1 is 1.32 bits per heavy atom. The van der Waals surface area contributed by atoms with Crippen LogP contribution >= 0.6 is 11.3 Å². The Labute approximate surface area is 139 Å². The van der Waals surface area contributed by atoms with Crippen molar-refractivity contribution in [3.63, 3.8) is 0 Å². The Bertz CT molecular complexity index is 469. The fraction of sp³-hybridized carbons (Fsp3) is 0.706. The molecular weight excluding hydrogens is 292 g/mol. The number of hydrogen-bond donors (Lipinski definition) is 2. The van der Waals surface area contributed by atoms with E-state index in [0.29, 0.717) is 0 Å². The number of nitrogens with zero attached hydrogens (tertiary/aromatic N) is 2. The van der Waals surface area contributed by atoms with Gasteiger partial charge in [-0.3, -0.25) is 4.99 Å². The maximum atomic E-state index is 4.33. The van der Waals surface area contributed by atoms with Gasteiger partial charge in [0, 0.05) is 29.9 Å². The van der Waals surface area contributed by atoms with Gasteiger partial charge in [0.2, 0.25) is 0 Å². The van der Waals surface area contributed by atoms with Gasteiger partial charge in [-0.2, -0.15) is 0 Å². The van der Waals surface area contributed by atoms with E-state index in [1.807, 2.05) is 18.4 Å². The van der Waals surface area contributed by atoms with Crippen molar-refractivity contribution in [2.45, 2.75) is 39.7 Å². The van der Waals surface area contributed by atoms with Crippen molar-refractivity contribution in [3.05, 3.63) is 21.9 Å². The first kappa shape index (κ1) is 17.3. The van der Waals surface area contributed by atoms with Gasteiger partial charge in [0.25, 0.3) is 0 Å². The summed E-state index contributed by atoms with van der Waals surface area (Å²) in [4.78, 5) is 9.72. The summed E-state index contributed by atoms with van der Waals surface area (Å²) in [5.74, 6) is 1.67. The van der Waals surface area contributed by atoms with Crippen LogP contribution in [-0.4, -0.2) is 44.1 Å². The lowest BCUT2D eigenvalue weighted by Gasteiger charge is -2.16. The molecule has 2 heterocycles. The average Bonchev–Trinajstić information content (AvgIpc) is 3.17. The van der Waals surface area contributed by atoms with Crippen molar-refractivity contribution >= 4 is 17.3 Å². The molecule has 0 bridgehead atoms. The molecule has 1 aliphatic rings. The Kier molecular flexibility index (Phi) is 7.19. The van der Waals surface area contributed by atoms with Crippen molar-refractivity contribution in [2.75, 3.05) is 33.2 Å². The molecule has 1 aromatic rings. The van der Waals surface area contributed by atoms with Gasteiger partial charge in [0.15, 0.2) is 5.96 Å². The van der Waals surface area contributed by atoms with Crippen molar-refractivity contribution in [1.29, 1.82) is 0 Å². The molecule has 22 heavy (non-hydrogen) atoms. The molecule has 1 aromatic heterocycles. The van der Waals surface area contributed by atoms with E-state index in [4.69, 9.17) is 0 Å². The van der Waals surface area contributed by atoms with E-state index in [9.17, 15) is 0 Å². The van der Waals surface area contributed by atoms with Crippen molar-refractivity contribution in [1.82, 2.24) is 15.5 Å². The summed E-state index contributed by atoms with van der Waals surface area (Å²) in [5.41, 5.74) is 0. The van der Waals surface area contributed by atoms with Crippen molar-refractivity contribution in [2.24, 2.45) is 10.9 Å². The van der Waals surface area contributed by atoms with Crippen LogP contribution in [0.25, 0.3) is 0 Å². The molecule has 124 valence electrons. The molecule has 2 N–H and O–H groups in total. The molecule has 0 radical (unpaired) electrons. The van der Waals surface area contributed by atoms with E-state index in [2.05, 4.69) is 46.5 Å². The zero-order chi connectivity index (χ0) is 15.8. The van der Waals surface area contributed by atoms with Crippen LogP contribution in [0.1, 0.15) is 36.4 Å². The summed E-state index contributed by atoms with van der Waals surface area (Å²) in [6.07, 6.45) is 3.67. The second-order valence-electron chi connectivity index (χ2n) is 5.98. The number of aryl methyl sites for hydroxylation is 1. The number of rotatable bonds is 7. The number of aliphatic imine (C=N–C) groups is 1. The Hall–Kier alpha value is -1.07. The SMILES string of the molecule is CCCN1CCC(CNC(=NC)NCc2ccc(CC)s2)C1. The van der Waals surface area contributed by atoms with Crippen LogP contribution < -0.4 is 10.6 Å². The number of nitrogens with one attached hydrogen (secondary N) is 2. The van der Waals surface area contributed by atoms with Crippen molar-refractivity contribution in [3.8, 4) is 0 Å². The molecular formula is C17H30N4S. The van der Waals surface area contributed by atoms with Gasteiger partial charge < -0.3 is 15.5 Å². The molecule has 0 spiro atoms. The number of thiophene rings is 1. The van der Waals surface area contributed by atoms with Gasteiger partial charge in [-0.15, -0.1) is 11.3 Å². The first-order chi connectivity index (χ1) is 10.7. The molecule has 1 aliphatic heterocycles. The summed E-state index contributed by atoms with van der Waals surface area (Å²) in [6, 6.07) is 4.43. The quantitative estimate of drug-likeness (QED) is 0.599. The fourth-order valence-corrected chi connectivity index (χ4v) is 3.84. The molecule has 0 aliphatic carbocycles. The van der Waals surface area contributed by atoms with Crippen LogP contribution in [0.4, 0.5) is 0 Å². The monoisotopic (exact) mass is 322 g/mol. The highest BCUT2D eigenvalue weighted by Gasteiger charge is 2.21. The Morgan fingerprint density at radius 2 is 2.14 bits per heavy atom. The Morgan fingerprint density at radius 3 is 2.82 bits per heavy atom. The van der Waals surface area contributed by atoms with Crippen LogP contribution in [-0.2, 0) is 13.0 Å². The normalized spacial score (nSPS) is 19.6. The third-order valence-corrected chi connectivity index (χ3v) is 5.42. The van der Waals surface area contributed by atoms with Gasteiger partial charge in [0.05, 0.1) is 6.54 Å². The zero-order valence-electron chi connectivity index (χ0n) is 14.2. The van der Waals surface area contributed by atoms with E-state index in [1.165, 1.54) is 42.2 Å². The minimum atomic E-state index is 0.749. The predicted molar refractivity (Wildman–Crippen MR) is 96.7 cm³/mol. The van der Waals surface area contributed by atoms with Crippen LogP contribution in [0.2, 0.25) is 0 Å². The van der Waals surface area contributed by atoms with E-state index in [0.717, 1.165) is 31.4 Å². The lowest BCUT2D eigenvalue weighted by molar-refractivity contribution is 0.324. The van der Waals surface area contributed by atoms with Gasteiger partial charge >= 0.3 is 0 Å². The minimum Gasteiger partial charge on any atom is -0.356 e. The maximum absolute atomic E-state index is 4.33. The maximum Gasteiger partial charge on any atom is 0.191 e. The molecule has 4 nitrogen and oxygen atoms in total. The summed E-state index contributed by atoms with van der Waals surface area (Å²) in [7, 11) is 1.85. The third kappa shape index (κ3) is 5.29. The lowest BCUT2D eigenvalue weighted by atomic mass is 10.1. The summed E-state index contributed by atoms with van der Waals surface area (Å²) >= 11 is 1.88. The lowest BCUT2D eigenvalue weighted by Crippen LogP contribution is -2.39. The third-order valence-electron chi connectivity index (χ3n) is 4.19. The molecule has 1 fully saturated rings. The highest BCUT2D eigenvalue weighted by Crippen LogP contribution is 2.17. The second kappa shape index (κ2) is 9.16. The highest BCUT2D eigenvalue weighted by atomic mass is 32.1. The van der Waals surface area contributed by atoms with Gasteiger partial charge in [-0.05, 0) is 50.4 Å². The average molecular weight is 323 g/mol. The Balaban J connectivity index is 1.69. The smallest absolute Gasteiger partial charge is 0.191 e. The van der Waals surface area contributed by atoms with Crippen molar-refractivity contribution < 1.29 is 0 Å². The van der Waals surface area contributed by atoms with E-state index in [1.54, 1.807) is 0 Å². The van der Waals surface area contributed by atoms with Gasteiger partial charge in [0.1, 0.15) is 0 Å². The largest absolute Gasteiger partial charge is 0.356 e. The molecule has 0 amide bonds. The molecule has 1 atom stereocenters. The first-order valence-electron chi connectivity index (χ1n) is 8.49. The molecule has 2 rings (SSSR count). The number of likely N-dealkylation sites (tertiary alicyclic amines) is 1. The van der Waals surface area contributed by atoms with E-state index >= 15 is 0 Å². The van der Waals surface area contributed by atoms with E-state index < -0.39 is 0 Å². The van der Waals surface area contributed by atoms with Crippen LogP contribution in [0.15, 0.2) is 17.1 Å². The zero-order valence-corrected chi connectivity index (χ0v) is 15.0. The molecule has 0 aromatic carbocycles. The molecule has 5 heteroatoms. The van der Waals surface area contributed by atoms with Gasteiger partial charge in [-0.25, -0.2) is 0 Å². The standard InChI is InChI=1S/C17H30N4S/c1-4-9-21-10-8-14(13-21)11-19-17(18-3)20-12-16-7-6-15(5-2)22-16/h6-7,14H,4-5,8-13H2,1-3H3,(H2,18,19,20). The van der Waals surface area contributed by atoms with Crippen LogP contribution in [0.5, 0.6) is 0 Å². The van der Waals surface area contributed by atoms with Crippen LogP contribution in [0, 0.1) is 5.92 Å². The van der Waals surface area contributed by atoms with Gasteiger partial charge in [-0.1, -0.05) is 13.8 Å². The van der Waals surface area contributed by atoms with Crippen LogP contribution in [0.3, 0.4) is 0 Å². The summed E-state index contributed by atoms with van der Waals surface area (Å²) < 4.78 is 0. The molecule has 1 unspecified atom stereocenters. The number of guanidine groups is 1. The predicted octanol–water partition coefficient (Wildman–Crippen LogP) is 2.71. The topological polar surface area (TPSA) is 39.7 Å². The summed E-state index contributed by atoms with van der Waals surface area (Å²) in [5, 5.41) is 6.90.